The minimum atomic E-state index is -0.439. The van der Waals surface area contributed by atoms with Gasteiger partial charge in [0.15, 0.2) is 0 Å². The lowest BCUT2D eigenvalue weighted by atomic mass is 10.0. The van der Waals surface area contributed by atoms with Gasteiger partial charge in [0.1, 0.15) is 0 Å². The van der Waals surface area contributed by atoms with Crippen molar-refractivity contribution >= 4 is 0 Å². The lowest BCUT2D eigenvalue weighted by molar-refractivity contribution is 0.173. The summed E-state index contributed by atoms with van der Waals surface area (Å²) in [6.45, 7) is 8.13. The Kier molecular flexibility index (Phi) is 3.53. The maximum absolute atomic E-state index is 10.1. The number of hydrogen-bond acceptors (Lipinski definition) is 2. The number of benzene rings is 1. The van der Waals surface area contributed by atoms with Crippen LogP contribution in [0.15, 0.2) is 24.3 Å². The predicted octanol–water partition coefficient (Wildman–Crippen LogP) is 3.24. The van der Waals surface area contributed by atoms with Gasteiger partial charge in [-0.25, -0.2) is 4.68 Å². The molecule has 0 aliphatic carbocycles. The van der Waals surface area contributed by atoms with Crippen molar-refractivity contribution in [2.45, 2.75) is 40.2 Å². The van der Waals surface area contributed by atoms with E-state index in [1.165, 1.54) is 5.56 Å². The molecule has 1 aromatic heterocycles. The number of aliphatic hydroxyl groups excluding tert-OH is 1. The van der Waals surface area contributed by atoms with Gasteiger partial charge in [0, 0.05) is 11.3 Å². The molecule has 0 radical (unpaired) electrons. The van der Waals surface area contributed by atoms with Crippen LogP contribution < -0.4 is 0 Å². The maximum Gasteiger partial charge on any atom is 0.0808 e. The number of rotatable bonds is 3. The molecule has 0 aliphatic heterocycles. The molecule has 0 unspecified atom stereocenters. The lowest BCUT2D eigenvalue weighted by Gasteiger charge is -2.15. The highest BCUT2D eigenvalue weighted by atomic mass is 16.3. The second-order valence-corrected chi connectivity index (χ2v) is 4.69. The topological polar surface area (TPSA) is 38.0 Å². The third-order valence-corrected chi connectivity index (χ3v) is 3.56. The monoisotopic (exact) mass is 244 g/mol. The van der Waals surface area contributed by atoms with Gasteiger partial charge in [-0.1, -0.05) is 25.1 Å². The summed E-state index contributed by atoms with van der Waals surface area (Å²) >= 11 is 0. The summed E-state index contributed by atoms with van der Waals surface area (Å²) in [6.07, 6.45) is 0.264. The Hall–Kier alpha value is -1.61. The molecule has 1 heterocycles. The van der Waals surface area contributed by atoms with Crippen molar-refractivity contribution in [2.24, 2.45) is 0 Å². The van der Waals surface area contributed by atoms with Crippen LogP contribution in [-0.2, 0) is 0 Å². The van der Waals surface area contributed by atoms with Crippen LogP contribution in [0, 0.1) is 20.8 Å². The van der Waals surface area contributed by atoms with Crippen molar-refractivity contribution in [2.75, 3.05) is 0 Å². The van der Waals surface area contributed by atoms with Crippen LogP contribution >= 0.6 is 0 Å². The van der Waals surface area contributed by atoms with Gasteiger partial charge < -0.3 is 5.11 Å². The molecule has 0 aliphatic rings. The van der Waals surface area contributed by atoms with E-state index in [0.717, 1.165) is 22.6 Å². The van der Waals surface area contributed by atoms with Crippen molar-refractivity contribution in [1.82, 2.24) is 9.78 Å². The standard InChI is InChI=1S/C15H20N2O/c1-5-15(18)13-8-6-7-9-14(13)17-12(4)10(2)11(3)16-17/h6-9,15,18H,5H2,1-4H3/t15-/m0/s1. The van der Waals surface area contributed by atoms with Crippen molar-refractivity contribution < 1.29 is 5.11 Å². The summed E-state index contributed by atoms with van der Waals surface area (Å²) in [7, 11) is 0. The molecule has 1 N–H and O–H groups in total. The van der Waals surface area contributed by atoms with Crippen LogP contribution in [0.25, 0.3) is 5.69 Å². The van der Waals surface area contributed by atoms with Gasteiger partial charge in [-0.05, 0) is 38.8 Å². The summed E-state index contributed by atoms with van der Waals surface area (Å²) in [4.78, 5) is 0. The van der Waals surface area contributed by atoms with Gasteiger partial charge in [0.05, 0.1) is 17.5 Å². The molecule has 18 heavy (non-hydrogen) atoms. The molecule has 2 aromatic rings. The van der Waals surface area contributed by atoms with Crippen LogP contribution in [0.2, 0.25) is 0 Å². The van der Waals surface area contributed by atoms with Crippen molar-refractivity contribution in [1.29, 1.82) is 0 Å². The molecule has 1 atom stereocenters. The molecule has 96 valence electrons. The third kappa shape index (κ3) is 2.06. The quantitative estimate of drug-likeness (QED) is 0.900. The highest BCUT2D eigenvalue weighted by Gasteiger charge is 2.15. The van der Waals surface area contributed by atoms with Crippen LogP contribution in [-0.4, -0.2) is 14.9 Å². The fourth-order valence-corrected chi connectivity index (χ4v) is 2.14. The van der Waals surface area contributed by atoms with E-state index in [1.54, 1.807) is 0 Å². The average Bonchev–Trinajstić information content (AvgIpc) is 2.65. The summed E-state index contributed by atoms with van der Waals surface area (Å²) in [5, 5.41) is 14.7. The molecule has 1 aromatic carbocycles. The van der Waals surface area contributed by atoms with Crippen molar-refractivity contribution in [3.05, 3.63) is 46.8 Å². The Bertz CT molecular complexity index is 558. The fourth-order valence-electron chi connectivity index (χ4n) is 2.14. The van der Waals surface area contributed by atoms with E-state index >= 15 is 0 Å². The maximum atomic E-state index is 10.1. The zero-order chi connectivity index (χ0) is 13.3. The largest absolute Gasteiger partial charge is 0.388 e. The predicted molar refractivity (Wildman–Crippen MR) is 73.0 cm³/mol. The van der Waals surface area contributed by atoms with E-state index in [0.29, 0.717) is 6.42 Å². The number of hydrogen-bond donors (Lipinski definition) is 1. The number of aryl methyl sites for hydroxylation is 1. The summed E-state index contributed by atoms with van der Waals surface area (Å²) < 4.78 is 1.93. The first-order valence-electron chi connectivity index (χ1n) is 6.36. The first-order valence-corrected chi connectivity index (χ1v) is 6.36. The van der Waals surface area contributed by atoms with Crippen molar-refractivity contribution in [3.8, 4) is 5.69 Å². The van der Waals surface area contributed by atoms with Crippen LogP contribution in [0.1, 0.15) is 42.0 Å². The zero-order valence-corrected chi connectivity index (χ0v) is 11.4. The third-order valence-electron chi connectivity index (χ3n) is 3.56. The molecule has 2 rings (SSSR count). The summed E-state index contributed by atoms with van der Waals surface area (Å²) in [6, 6.07) is 7.91. The number of aliphatic hydroxyl groups is 1. The van der Waals surface area contributed by atoms with E-state index < -0.39 is 6.10 Å². The molecular weight excluding hydrogens is 224 g/mol. The molecule has 3 nitrogen and oxygen atoms in total. The van der Waals surface area contributed by atoms with E-state index in [9.17, 15) is 5.11 Å². The molecule has 0 bridgehead atoms. The summed E-state index contributed by atoms with van der Waals surface area (Å²) in [5.74, 6) is 0. The van der Waals surface area contributed by atoms with E-state index in [-0.39, 0.29) is 0 Å². The van der Waals surface area contributed by atoms with E-state index in [1.807, 2.05) is 42.8 Å². The van der Waals surface area contributed by atoms with Gasteiger partial charge in [-0.15, -0.1) is 0 Å². The summed E-state index contributed by atoms with van der Waals surface area (Å²) in [5.41, 5.74) is 5.28. The molecule has 0 spiro atoms. The minimum Gasteiger partial charge on any atom is -0.388 e. The SMILES string of the molecule is CC[C@H](O)c1ccccc1-n1nc(C)c(C)c1C. The molecule has 0 amide bonds. The molecule has 0 fully saturated rings. The Labute approximate surface area is 108 Å². The second kappa shape index (κ2) is 4.94. The van der Waals surface area contributed by atoms with Crippen LogP contribution in [0.5, 0.6) is 0 Å². The number of nitrogens with zero attached hydrogens (tertiary/aromatic N) is 2. The highest BCUT2D eigenvalue weighted by Crippen LogP contribution is 2.25. The van der Waals surface area contributed by atoms with Crippen LogP contribution in [0.4, 0.5) is 0 Å². The van der Waals surface area contributed by atoms with E-state index in [4.69, 9.17) is 0 Å². The smallest absolute Gasteiger partial charge is 0.0808 e. The Balaban J connectivity index is 2.60. The Morgan fingerprint density at radius 3 is 2.44 bits per heavy atom. The lowest BCUT2D eigenvalue weighted by Crippen LogP contribution is -2.06. The number of aromatic nitrogens is 2. The Morgan fingerprint density at radius 2 is 1.89 bits per heavy atom. The highest BCUT2D eigenvalue weighted by molar-refractivity contribution is 5.44. The normalized spacial score (nSPS) is 12.7. The molecule has 0 saturated heterocycles. The van der Waals surface area contributed by atoms with Crippen molar-refractivity contribution in [3.63, 3.8) is 0 Å². The van der Waals surface area contributed by atoms with Gasteiger partial charge in [0.25, 0.3) is 0 Å². The first kappa shape index (κ1) is 12.8. The second-order valence-electron chi connectivity index (χ2n) is 4.69. The molecule has 3 heteroatoms. The van der Waals surface area contributed by atoms with Gasteiger partial charge in [0.2, 0.25) is 0 Å². The van der Waals surface area contributed by atoms with Gasteiger partial charge in [-0.2, -0.15) is 5.10 Å². The zero-order valence-electron chi connectivity index (χ0n) is 11.4. The van der Waals surface area contributed by atoms with Gasteiger partial charge in [-0.3, -0.25) is 0 Å². The number of para-hydroxylation sites is 1. The Morgan fingerprint density at radius 1 is 1.22 bits per heavy atom. The molecule has 0 saturated carbocycles. The fraction of sp³-hybridized carbons (Fsp3) is 0.400. The van der Waals surface area contributed by atoms with Gasteiger partial charge >= 0.3 is 0 Å². The average molecular weight is 244 g/mol. The first-order chi connectivity index (χ1) is 8.56. The van der Waals surface area contributed by atoms with Crippen LogP contribution in [0.3, 0.4) is 0 Å². The molecular formula is C15H20N2O. The van der Waals surface area contributed by atoms with E-state index in [2.05, 4.69) is 18.9 Å². The minimum absolute atomic E-state index is 0.439.